The molecule has 0 aliphatic rings. The summed E-state index contributed by atoms with van der Waals surface area (Å²) in [5, 5.41) is 0. The van der Waals surface area contributed by atoms with Crippen molar-refractivity contribution >= 4 is 11.9 Å². The molecule has 4 heteroatoms. The highest BCUT2D eigenvalue weighted by Crippen LogP contribution is 2.02. The van der Waals surface area contributed by atoms with Crippen LogP contribution in [-0.4, -0.2) is 37.5 Å². The minimum Gasteiger partial charge on any atom is -0.469 e. The summed E-state index contributed by atoms with van der Waals surface area (Å²) in [5.41, 5.74) is 1.20. The molecule has 0 heterocycles. The lowest BCUT2D eigenvalue weighted by atomic mass is 10.1. The zero-order valence-corrected chi connectivity index (χ0v) is 10.9. The Balaban J connectivity index is 2.30. The predicted molar refractivity (Wildman–Crippen MR) is 69.0 cm³/mol. The van der Waals surface area contributed by atoms with Gasteiger partial charge in [0.15, 0.2) is 0 Å². The van der Waals surface area contributed by atoms with E-state index in [-0.39, 0.29) is 24.7 Å². The molecule has 1 aromatic rings. The minimum absolute atomic E-state index is 0.0312. The van der Waals surface area contributed by atoms with E-state index in [1.807, 2.05) is 30.3 Å². The van der Waals surface area contributed by atoms with Crippen molar-refractivity contribution < 1.29 is 14.3 Å². The van der Waals surface area contributed by atoms with Crippen molar-refractivity contribution in [3.63, 3.8) is 0 Å². The Bertz CT molecular complexity index is 389. The lowest BCUT2D eigenvalue weighted by Gasteiger charge is -2.16. The molecule has 0 radical (unpaired) electrons. The molecule has 1 amide bonds. The van der Waals surface area contributed by atoms with Gasteiger partial charge in [0.25, 0.3) is 0 Å². The molecule has 1 rings (SSSR count). The molecule has 0 spiro atoms. The molecule has 0 unspecified atom stereocenters. The summed E-state index contributed by atoms with van der Waals surface area (Å²) in [6.07, 6.45) is 1.17. The Kier molecular flexibility index (Phi) is 5.91. The van der Waals surface area contributed by atoms with Crippen LogP contribution in [0.1, 0.15) is 18.4 Å². The van der Waals surface area contributed by atoms with Crippen LogP contribution in [0.15, 0.2) is 30.3 Å². The summed E-state index contributed by atoms with van der Waals surface area (Å²) in [5.74, 6) is -0.379. The second-order valence-electron chi connectivity index (χ2n) is 4.13. The number of hydrogen-bond acceptors (Lipinski definition) is 3. The monoisotopic (exact) mass is 249 g/mol. The molecule has 0 atom stereocenters. The van der Waals surface area contributed by atoms with E-state index in [9.17, 15) is 9.59 Å². The van der Waals surface area contributed by atoms with Gasteiger partial charge in [0.2, 0.25) is 5.91 Å². The van der Waals surface area contributed by atoms with Gasteiger partial charge in [0.1, 0.15) is 0 Å². The second-order valence-corrected chi connectivity index (χ2v) is 4.13. The molecule has 0 fully saturated rings. The zero-order chi connectivity index (χ0) is 13.4. The number of benzene rings is 1. The standard InChI is InChI=1S/C14H19NO3/c1-15(13(16)8-9-14(17)18-2)11-10-12-6-4-3-5-7-12/h3-7H,8-11H2,1-2H3. The van der Waals surface area contributed by atoms with E-state index in [4.69, 9.17) is 0 Å². The number of esters is 1. The predicted octanol–water partition coefficient (Wildman–Crippen LogP) is 1.64. The zero-order valence-electron chi connectivity index (χ0n) is 10.9. The Labute approximate surface area is 108 Å². The first-order valence-electron chi connectivity index (χ1n) is 5.98. The van der Waals surface area contributed by atoms with Crippen LogP contribution in [0.5, 0.6) is 0 Å². The maximum Gasteiger partial charge on any atom is 0.306 e. The highest BCUT2D eigenvalue weighted by molar-refractivity contribution is 5.81. The van der Waals surface area contributed by atoms with Crippen molar-refractivity contribution in [2.45, 2.75) is 19.3 Å². The van der Waals surface area contributed by atoms with E-state index in [1.165, 1.54) is 12.7 Å². The normalized spacial score (nSPS) is 9.89. The summed E-state index contributed by atoms with van der Waals surface area (Å²) in [7, 11) is 3.08. The van der Waals surface area contributed by atoms with Gasteiger partial charge in [-0.05, 0) is 12.0 Å². The van der Waals surface area contributed by atoms with Crippen LogP contribution >= 0.6 is 0 Å². The Morgan fingerprint density at radius 2 is 1.83 bits per heavy atom. The fraction of sp³-hybridized carbons (Fsp3) is 0.429. The molecule has 98 valence electrons. The summed E-state index contributed by atoms with van der Waals surface area (Å²) in [4.78, 5) is 24.3. The summed E-state index contributed by atoms with van der Waals surface area (Å²) >= 11 is 0. The Morgan fingerprint density at radius 1 is 1.17 bits per heavy atom. The molecular formula is C14H19NO3. The van der Waals surface area contributed by atoms with E-state index in [2.05, 4.69) is 4.74 Å². The number of nitrogens with zero attached hydrogens (tertiary/aromatic N) is 1. The van der Waals surface area contributed by atoms with E-state index < -0.39 is 0 Å². The fourth-order valence-corrected chi connectivity index (χ4v) is 1.57. The largest absolute Gasteiger partial charge is 0.469 e. The van der Waals surface area contributed by atoms with Gasteiger partial charge in [-0.2, -0.15) is 0 Å². The topological polar surface area (TPSA) is 46.6 Å². The molecule has 1 aromatic carbocycles. The number of ether oxygens (including phenoxy) is 1. The first-order chi connectivity index (χ1) is 8.63. The van der Waals surface area contributed by atoms with Gasteiger partial charge in [0.05, 0.1) is 13.5 Å². The highest BCUT2D eigenvalue weighted by atomic mass is 16.5. The molecule has 0 aliphatic carbocycles. The first-order valence-corrected chi connectivity index (χ1v) is 5.98. The van der Waals surface area contributed by atoms with E-state index >= 15 is 0 Å². The molecule has 0 saturated heterocycles. The van der Waals surface area contributed by atoms with Crippen LogP contribution in [0.4, 0.5) is 0 Å². The van der Waals surface area contributed by atoms with Crippen molar-refractivity contribution in [3.05, 3.63) is 35.9 Å². The van der Waals surface area contributed by atoms with Crippen molar-refractivity contribution in [3.8, 4) is 0 Å². The quantitative estimate of drug-likeness (QED) is 0.720. The van der Waals surface area contributed by atoms with Gasteiger partial charge in [-0.1, -0.05) is 30.3 Å². The highest BCUT2D eigenvalue weighted by Gasteiger charge is 2.11. The number of rotatable bonds is 6. The van der Waals surface area contributed by atoms with Gasteiger partial charge in [-0.25, -0.2) is 0 Å². The number of hydrogen-bond donors (Lipinski definition) is 0. The molecule has 0 bridgehead atoms. The second kappa shape index (κ2) is 7.48. The third kappa shape index (κ3) is 4.99. The summed E-state index contributed by atoms with van der Waals surface area (Å²) in [6, 6.07) is 10.00. The van der Waals surface area contributed by atoms with Crippen LogP contribution in [0, 0.1) is 0 Å². The van der Waals surface area contributed by atoms with Crippen LogP contribution in [0.3, 0.4) is 0 Å². The van der Waals surface area contributed by atoms with Gasteiger partial charge in [0, 0.05) is 20.0 Å². The number of amides is 1. The number of carbonyl (C=O) groups excluding carboxylic acids is 2. The Morgan fingerprint density at radius 3 is 2.44 bits per heavy atom. The van der Waals surface area contributed by atoms with Gasteiger partial charge in [-0.15, -0.1) is 0 Å². The molecule has 0 aromatic heterocycles. The van der Waals surface area contributed by atoms with Gasteiger partial charge in [-0.3, -0.25) is 9.59 Å². The van der Waals surface area contributed by atoms with E-state index in [0.29, 0.717) is 6.54 Å². The SMILES string of the molecule is COC(=O)CCC(=O)N(C)CCc1ccccc1. The number of carbonyl (C=O) groups is 2. The number of likely N-dealkylation sites (N-methyl/N-ethyl adjacent to an activating group) is 1. The third-order valence-corrected chi connectivity index (χ3v) is 2.78. The lowest BCUT2D eigenvalue weighted by molar-refractivity contribution is -0.143. The average molecular weight is 249 g/mol. The van der Waals surface area contributed by atoms with Crippen LogP contribution in [0.25, 0.3) is 0 Å². The lowest BCUT2D eigenvalue weighted by Crippen LogP contribution is -2.29. The van der Waals surface area contributed by atoms with E-state index in [0.717, 1.165) is 6.42 Å². The molecule has 0 N–H and O–H groups in total. The van der Waals surface area contributed by atoms with Crippen molar-refractivity contribution in [2.75, 3.05) is 20.7 Å². The smallest absolute Gasteiger partial charge is 0.306 e. The van der Waals surface area contributed by atoms with Crippen LogP contribution in [0.2, 0.25) is 0 Å². The molecular weight excluding hydrogens is 230 g/mol. The van der Waals surface area contributed by atoms with Crippen molar-refractivity contribution in [1.29, 1.82) is 0 Å². The van der Waals surface area contributed by atoms with Gasteiger partial charge >= 0.3 is 5.97 Å². The minimum atomic E-state index is -0.347. The van der Waals surface area contributed by atoms with Crippen molar-refractivity contribution in [2.24, 2.45) is 0 Å². The molecule has 18 heavy (non-hydrogen) atoms. The van der Waals surface area contributed by atoms with E-state index in [1.54, 1.807) is 11.9 Å². The maximum absolute atomic E-state index is 11.7. The number of methoxy groups -OCH3 is 1. The summed E-state index contributed by atoms with van der Waals surface area (Å²) < 4.78 is 4.50. The average Bonchev–Trinajstić information content (AvgIpc) is 2.42. The van der Waals surface area contributed by atoms with Gasteiger partial charge < -0.3 is 9.64 Å². The van der Waals surface area contributed by atoms with Crippen LogP contribution in [-0.2, 0) is 20.7 Å². The Hall–Kier alpha value is -1.84. The first kappa shape index (κ1) is 14.2. The summed E-state index contributed by atoms with van der Waals surface area (Å²) in [6.45, 7) is 0.657. The van der Waals surface area contributed by atoms with Crippen molar-refractivity contribution in [1.82, 2.24) is 4.90 Å². The maximum atomic E-state index is 11.7. The molecule has 0 aliphatic heterocycles. The van der Waals surface area contributed by atoms with Crippen LogP contribution < -0.4 is 0 Å². The fourth-order valence-electron chi connectivity index (χ4n) is 1.57. The molecule has 0 saturated carbocycles. The molecule has 4 nitrogen and oxygen atoms in total. The third-order valence-electron chi connectivity index (χ3n) is 2.78.